The van der Waals surface area contributed by atoms with Crippen molar-refractivity contribution in [3.8, 4) is 5.75 Å². The Kier molecular flexibility index (Phi) is 4.02. The maximum Gasteiger partial charge on any atom is 0.122 e. The number of para-hydroxylation sites is 1. The van der Waals surface area contributed by atoms with Gasteiger partial charge in [0.15, 0.2) is 0 Å². The second-order valence-corrected chi connectivity index (χ2v) is 6.67. The van der Waals surface area contributed by atoms with Crippen LogP contribution in [0.15, 0.2) is 24.3 Å². The first-order valence-corrected chi connectivity index (χ1v) is 8.14. The van der Waals surface area contributed by atoms with Crippen LogP contribution in [0.1, 0.15) is 63.4 Å². The molecule has 20 heavy (non-hydrogen) atoms. The summed E-state index contributed by atoms with van der Waals surface area (Å²) in [4.78, 5) is 0. The van der Waals surface area contributed by atoms with Crippen LogP contribution in [0, 0.1) is 5.92 Å². The molecule has 0 radical (unpaired) electrons. The van der Waals surface area contributed by atoms with Gasteiger partial charge in [-0.15, -0.1) is 0 Å². The molecule has 2 aliphatic rings. The van der Waals surface area contributed by atoms with E-state index in [0.717, 1.165) is 38.0 Å². The molecule has 0 bridgehead atoms. The van der Waals surface area contributed by atoms with Crippen molar-refractivity contribution < 1.29 is 9.84 Å². The van der Waals surface area contributed by atoms with Crippen LogP contribution in [-0.2, 0) is 0 Å². The minimum absolute atomic E-state index is 0.450. The van der Waals surface area contributed by atoms with Gasteiger partial charge in [-0.05, 0) is 49.1 Å². The Morgan fingerprint density at radius 3 is 3.00 bits per heavy atom. The SMILES string of the molecule is CCC1CCCC(O)(CC2CCOc3ccccc32)C1. The van der Waals surface area contributed by atoms with Gasteiger partial charge in [0, 0.05) is 0 Å². The van der Waals surface area contributed by atoms with Gasteiger partial charge in [0.1, 0.15) is 5.75 Å². The van der Waals surface area contributed by atoms with Crippen LogP contribution in [0.3, 0.4) is 0 Å². The molecule has 0 spiro atoms. The third-order valence-corrected chi connectivity index (χ3v) is 5.21. The molecule has 3 atom stereocenters. The summed E-state index contributed by atoms with van der Waals surface area (Å²) in [7, 11) is 0. The molecular formula is C18H26O2. The molecular weight excluding hydrogens is 248 g/mol. The first kappa shape index (κ1) is 13.9. The van der Waals surface area contributed by atoms with E-state index in [2.05, 4.69) is 25.1 Å². The summed E-state index contributed by atoms with van der Waals surface area (Å²) in [5.41, 5.74) is 0.847. The van der Waals surface area contributed by atoms with Gasteiger partial charge in [0.05, 0.1) is 12.2 Å². The van der Waals surface area contributed by atoms with Crippen molar-refractivity contribution >= 4 is 0 Å². The Hall–Kier alpha value is -1.02. The third-order valence-electron chi connectivity index (χ3n) is 5.21. The van der Waals surface area contributed by atoms with Gasteiger partial charge in [-0.3, -0.25) is 0 Å². The molecule has 0 amide bonds. The van der Waals surface area contributed by atoms with Crippen molar-refractivity contribution in [2.24, 2.45) is 5.92 Å². The average molecular weight is 274 g/mol. The molecule has 1 aromatic carbocycles. The lowest BCUT2D eigenvalue weighted by atomic mass is 9.71. The molecule has 110 valence electrons. The van der Waals surface area contributed by atoms with Crippen LogP contribution >= 0.6 is 0 Å². The topological polar surface area (TPSA) is 29.5 Å². The van der Waals surface area contributed by atoms with Crippen LogP contribution in [0.25, 0.3) is 0 Å². The zero-order chi connectivity index (χ0) is 14.0. The highest BCUT2D eigenvalue weighted by Gasteiger charge is 2.37. The summed E-state index contributed by atoms with van der Waals surface area (Å²) >= 11 is 0. The molecule has 3 rings (SSSR count). The molecule has 2 heteroatoms. The maximum absolute atomic E-state index is 11.0. The van der Waals surface area contributed by atoms with E-state index in [1.807, 2.05) is 6.07 Å². The number of aliphatic hydroxyl groups is 1. The number of hydrogen-bond acceptors (Lipinski definition) is 2. The van der Waals surface area contributed by atoms with Gasteiger partial charge in [0.25, 0.3) is 0 Å². The lowest BCUT2D eigenvalue weighted by molar-refractivity contribution is -0.0315. The van der Waals surface area contributed by atoms with E-state index in [1.165, 1.54) is 24.8 Å². The number of fused-ring (bicyclic) bond motifs is 1. The number of rotatable bonds is 3. The summed E-state index contributed by atoms with van der Waals surface area (Å²) in [5.74, 6) is 2.19. The highest BCUT2D eigenvalue weighted by Crippen LogP contribution is 2.44. The fraction of sp³-hybridized carbons (Fsp3) is 0.667. The smallest absolute Gasteiger partial charge is 0.122 e. The van der Waals surface area contributed by atoms with E-state index in [1.54, 1.807) is 0 Å². The van der Waals surface area contributed by atoms with E-state index >= 15 is 0 Å². The molecule has 0 aromatic heterocycles. The molecule has 3 unspecified atom stereocenters. The average Bonchev–Trinajstić information content (AvgIpc) is 2.47. The van der Waals surface area contributed by atoms with Crippen molar-refractivity contribution in [2.45, 2.75) is 63.4 Å². The van der Waals surface area contributed by atoms with Crippen LogP contribution in [0.2, 0.25) is 0 Å². The fourth-order valence-electron chi connectivity index (χ4n) is 4.08. The standard InChI is InChI=1S/C18H26O2/c1-2-14-6-5-10-18(19,12-14)13-15-9-11-20-17-8-4-3-7-16(15)17/h3-4,7-8,14-15,19H,2,5-6,9-13H2,1H3. The van der Waals surface area contributed by atoms with Gasteiger partial charge in [0.2, 0.25) is 0 Å². The van der Waals surface area contributed by atoms with E-state index in [0.29, 0.717) is 11.8 Å². The molecule has 1 aliphatic heterocycles. The first-order valence-electron chi connectivity index (χ1n) is 8.14. The van der Waals surface area contributed by atoms with Gasteiger partial charge in [-0.1, -0.05) is 44.4 Å². The third kappa shape index (κ3) is 2.85. The zero-order valence-corrected chi connectivity index (χ0v) is 12.5. The van der Waals surface area contributed by atoms with Crippen LogP contribution in [0.4, 0.5) is 0 Å². The van der Waals surface area contributed by atoms with Gasteiger partial charge in [-0.25, -0.2) is 0 Å². The first-order chi connectivity index (χ1) is 9.70. The van der Waals surface area contributed by atoms with Gasteiger partial charge < -0.3 is 9.84 Å². The predicted molar refractivity (Wildman–Crippen MR) is 81.1 cm³/mol. The lowest BCUT2D eigenvalue weighted by Crippen LogP contribution is -2.37. The van der Waals surface area contributed by atoms with Crippen molar-refractivity contribution in [3.05, 3.63) is 29.8 Å². The Balaban J connectivity index is 1.75. The molecule has 1 heterocycles. The lowest BCUT2D eigenvalue weighted by Gasteiger charge is -2.40. The summed E-state index contributed by atoms with van der Waals surface area (Å²) < 4.78 is 5.74. The van der Waals surface area contributed by atoms with E-state index in [-0.39, 0.29) is 0 Å². The molecule has 0 saturated heterocycles. The van der Waals surface area contributed by atoms with Crippen LogP contribution < -0.4 is 4.74 Å². The summed E-state index contributed by atoms with van der Waals surface area (Å²) in [6, 6.07) is 8.34. The Morgan fingerprint density at radius 2 is 2.15 bits per heavy atom. The molecule has 1 aromatic rings. The fourth-order valence-corrected chi connectivity index (χ4v) is 4.08. The van der Waals surface area contributed by atoms with E-state index < -0.39 is 5.60 Å². The molecule has 1 saturated carbocycles. The van der Waals surface area contributed by atoms with Crippen molar-refractivity contribution in [3.63, 3.8) is 0 Å². The summed E-state index contributed by atoms with van der Waals surface area (Å²) in [5, 5.41) is 11.0. The van der Waals surface area contributed by atoms with E-state index in [9.17, 15) is 5.11 Å². The second kappa shape index (κ2) is 5.77. The number of hydrogen-bond donors (Lipinski definition) is 1. The Morgan fingerprint density at radius 1 is 1.30 bits per heavy atom. The Labute approximate surface area is 122 Å². The summed E-state index contributed by atoms with van der Waals surface area (Å²) in [6.07, 6.45) is 7.59. The quantitative estimate of drug-likeness (QED) is 0.891. The monoisotopic (exact) mass is 274 g/mol. The van der Waals surface area contributed by atoms with Crippen molar-refractivity contribution in [2.75, 3.05) is 6.61 Å². The second-order valence-electron chi connectivity index (χ2n) is 6.67. The molecule has 1 N–H and O–H groups in total. The van der Waals surface area contributed by atoms with Crippen LogP contribution in [0.5, 0.6) is 5.75 Å². The highest BCUT2D eigenvalue weighted by molar-refractivity contribution is 5.38. The highest BCUT2D eigenvalue weighted by atomic mass is 16.5. The van der Waals surface area contributed by atoms with Crippen molar-refractivity contribution in [1.29, 1.82) is 0 Å². The van der Waals surface area contributed by atoms with Crippen LogP contribution in [-0.4, -0.2) is 17.3 Å². The molecule has 2 nitrogen and oxygen atoms in total. The van der Waals surface area contributed by atoms with Gasteiger partial charge >= 0.3 is 0 Å². The minimum atomic E-state index is -0.450. The Bertz CT molecular complexity index is 456. The van der Waals surface area contributed by atoms with E-state index in [4.69, 9.17) is 4.74 Å². The summed E-state index contributed by atoms with van der Waals surface area (Å²) in [6.45, 7) is 3.04. The normalized spacial score (nSPS) is 33.3. The van der Waals surface area contributed by atoms with Gasteiger partial charge in [-0.2, -0.15) is 0 Å². The van der Waals surface area contributed by atoms with Crippen molar-refractivity contribution in [1.82, 2.24) is 0 Å². The number of benzene rings is 1. The molecule has 1 aliphatic carbocycles. The minimum Gasteiger partial charge on any atom is -0.493 e. The zero-order valence-electron chi connectivity index (χ0n) is 12.5. The molecule has 1 fully saturated rings. The predicted octanol–water partition coefficient (Wildman–Crippen LogP) is 4.27. The largest absolute Gasteiger partial charge is 0.493 e. The maximum atomic E-state index is 11.0. The number of ether oxygens (including phenoxy) is 1.